The molecule has 1 fully saturated rings. The van der Waals surface area contributed by atoms with E-state index in [0.717, 1.165) is 40.1 Å². The zero-order valence-electron chi connectivity index (χ0n) is 20.8. The topological polar surface area (TPSA) is 95.6 Å². The van der Waals surface area contributed by atoms with Crippen molar-refractivity contribution < 1.29 is 31.1 Å². The molecule has 208 valence electrons. The minimum atomic E-state index is -5.01. The first kappa shape index (κ1) is 27.6. The highest BCUT2D eigenvalue weighted by molar-refractivity contribution is 7.94. The summed E-state index contributed by atoms with van der Waals surface area (Å²) in [4.78, 5) is 22.0. The number of likely N-dealkylation sites (tertiary alicyclic amines) is 1. The molecule has 1 aromatic carbocycles. The number of anilines is 1. The number of carbonyl (C=O) groups excluding carboxylic acids is 1. The molecular weight excluding hydrogens is 573 g/mol. The van der Waals surface area contributed by atoms with Gasteiger partial charge in [-0.2, -0.15) is 13.2 Å². The number of aromatic nitrogens is 2. The summed E-state index contributed by atoms with van der Waals surface area (Å²) >= 11 is 2.60. The molecule has 0 saturated carbocycles. The van der Waals surface area contributed by atoms with E-state index in [0.29, 0.717) is 35.7 Å². The van der Waals surface area contributed by atoms with Gasteiger partial charge in [0.1, 0.15) is 15.8 Å². The van der Waals surface area contributed by atoms with Crippen LogP contribution in [0, 0.1) is 0 Å². The van der Waals surface area contributed by atoms with Crippen molar-refractivity contribution in [2.45, 2.75) is 42.2 Å². The SMILES string of the molecule is CN(c1cccc2cc(-c3ncc(CN4CCCCC4COC(=O)C(F)(F)F)s3)[nH]c12)S(=O)(=O)c1cccs1. The Labute approximate surface area is 231 Å². The lowest BCUT2D eigenvalue weighted by Crippen LogP contribution is -2.43. The Kier molecular flexibility index (Phi) is 7.73. The molecule has 8 nitrogen and oxygen atoms in total. The zero-order chi connectivity index (χ0) is 27.8. The molecule has 0 spiro atoms. The van der Waals surface area contributed by atoms with Gasteiger partial charge in [0, 0.05) is 36.1 Å². The monoisotopic (exact) mass is 598 g/mol. The van der Waals surface area contributed by atoms with E-state index >= 15 is 0 Å². The number of piperidine rings is 1. The van der Waals surface area contributed by atoms with Gasteiger partial charge in [0.25, 0.3) is 10.0 Å². The molecule has 4 aromatic rings. The van der Waals surface area contributed by atoms with Gasteiger partial charge in [0.15, 0.2) is 0 Å². The summed E-state index contributed by atoms with van der Waals surface area (Å²) < 4.78 is 69.9. The Morgan fingerprint density at radius 1 is 1.26 bits per heavy atom. The van der Waals surface area contributed by atoms with Crippen LogP contribution < -0.4 is 4.31 Å². The number of esters is 1. The predicted octanol–water partition coefficient (Wildman–Crippen LogP) is 5.64. The third kappa shape index (κ3) is 5.83. The smallest absolute Gasteiger partial charge is 0.457 e. The number of sulfonamides is 1. The molecule has 14 heteroatoms. The van der Waals surface area contributed by atoms with Gasteiger partial charge in [0.2, 0.25) is 0 Å². The lowest BCUT2D eigenvalue weighted by atomic mass is 10.0. The number of H-pyrrole nitrogens is 1. The molecule has 1 aliphatic rings. The third-order valence-electron chi connectivity index (χ3n) is 6.61. The van der Waals surface area contributed by atoms with Crippen LogP contribution in [0.4, 0.5) is 18.9 Å². The maximum absolute atomic E-state index is 13.1. The van der Waals surface area contributed by atoms with E-state index in [2.05, 4.69) is 14.7 Å². The largest absolute Gasteiger partial charge is 0.490 e. The molecule has 0 amide bonds. The number of nitrogens with zero attached hydrogens (tertiary/aromatic N) is 3. The quantitative estimate of drug-likeness (QED) is 0.264. The Hall–Kier alpha value is -2.94. The molecule has 0 aliphatic carbocycles. The first-order chi connectivity index (χ1) is 18.5. The molecule has 4 heterocycles. The molecule has 1 aliphatic heterocycles. The van der Waals surface area contributed by atoms with Gasteiger partial charge in [-0.25, -0.2) is 18.2 Å². The van der Waals surface area contributed by atoms with Crippen LogP contribution in [0.15, 0.2) is 52.2 Å². The Bertz CT molecular complexity index is 1560. The van der Waals surface area contributed by atoms with E-state index in [1.165, 1.54) is 22.7 Å². The molecule has 1 unspecified atom stereocenters. The van der Waals surface area contributed by atoms with Crippen molar-refractivity contribution in [3.8, 4) is 10.7 Å². The average Bonchev–Trinajstić information content (AvgIpc) is 3.67. The van der Waals surface area contributed by atoms with Crippen LogP contribution >= 0.6 is 22.7 Å². The standard InChI is InChI=1S/C25H25F3N4O4S3/c1-31(39(34,35)21-9-5-11-37-21)20-8-4-6-16-12-19(30-22(16)20)23-29-13-18(38-23)14-32-10-3-2-7-17(32)15-36-24(33)25(26,27)28/h4-6,8-9,11-13,17,30H,2-3,7,10,14-15H2,1H3. The second-order valence-corrected chi connectivity index (χ2v) is 13.4. The number of thiazole rings is 1. The number of hydrogen-bond donors (Lipinski definition) is 1. The highest BCUT2D eigenvalue weighted by Crippen LogP contribution is 2.35. The normalized spacial score (nSPS) is 17.0. The number of aromatic amines is 1. The number of alkyl halides is 3. The number of hydrogen-bond acceptors (Lipinski definition) is 8. The van der Waals surface area contributed by atoms with Gasteiger partial charge in [0.05, 0.1) is 16.9 Å². The van der Waals surface area contributed by atoms with E-state index in [-0.39, 0.29) is 16.9 Å². The molecule has 5 rings (SSSR count). The molecule has 0 radical (unpaired) electrons. The first-order valence-electron chi connectivity index (χ1n) is 12.1. The maximum Gasteiger partial charge on any atom is 0.490 e. The van der Waals surface area contributed by atoms with E-state index in [4.69, 9.17) is 0 Å². The molecule has 1 saturated heterocycles. The first-order valence-corrected chi connectivity index (χ1v) is 15.2. The van der Waals surface area contributed by atoms with E-state index in [9.17, 15) is 26.4 Å². The van der Waals surface area contributed by atoms with Gasteiger partial charge in [-0.05, 0) is 43.0 Å². The van der Waals surface area contributed by atoms with Gasteiger partial charge in [-0.15, -0.1) is 22.7 Å². The summed E-state index contributed by atoms with van der Waals surface area (Å²) in [5.74, 6) is -2.17. The van der Waals surface area contributed by atoms with Gasteiger partial charge in [-0.1, -0.05) is 24.6 Å². The second kappa shape index (κ2) is 10.9. The van der Waals surface area contributed by atoms with Crippen molar-refractivity contribution >= 4 is 55.3 Å². The van der Waals surface area contributed by atoms with Crippen LogP contribution in [0.25, 0.3) is 21.6 Å². The number of carbonyl (C=O) groups is 1. The number of rotatable bonds is 8. The summed E-state index contributed by atoms with van der Waals surface area (Å²) in [6.45, 7) is 0.845. The number of thiophene rings is 1. The lowest BCUT2D eigenvalue weighted by molar-refractivity contribution is -0.201. The van der Waals surface area contributed by atoms with Crippen molar-refractivity contribution in [1.29, 1.82) is 0 Å². The van der Waals surface area contributed by atoms with Crippen molar-refractivity contribution in [1.82, 2.24) is 14.9 Å². The minimum absolute atomic E-state index is 0.252. The fourth-order valence-corrected chi connectivity index (χ4v) is 7.89. The Balaban J connectivity index is 1.34. The number of para-hydroxylation sites is 1. The van der Waals surface area contributed by atoms with Crippen molar-refractivity contribution in [2.75, 3.05) is 24.5 Å². The van der Waals surface area contributed by atoms with Crippen LogP contribution in [-0.2, 0) is 26.1 Å². The highest BCUT2D eigenvalue weighted by atomic mass is 32.2. The van der Waals surface area contributed by atoms with Gasteiger partial charge in [-0.3, -0.25) is 9.21 Å². The van der Waals surface area contributed by atoms with E-state index in [1.807, 2.05) is 17.0 Å². The van der Waals surface area contributed by atoms with Crippen LogP contribution in [0.5, 0.6) is 0 Å². The van der Waals surface area contributed by atoms with Gasteiger partial charge >= 0.3 is 12.1 Å². The minimum Gasteiger partial charge on any atom is -0.457 e. The summed E-state index contributed by atoms with van der Waals surface area (Å²) in [6, 6.07) is 10.3. The molecule has 1 N–H and O–H groups in total. The summed E-state index contributed by atoms with van der Waals surface area (Å²) in [6.07, 6.45) is -0.875. The van der Waals surface area contributed by atoms with Crippen molar-refractivity contribution in [3.05, 3.63) is 52.9 Å². The fraction of sp³-hybridized carbons (Fsp3) is 0.360. The summed E-state index contributed by atoms with van der Waals surface area (Å²) in [7, 11) is -2.19. The number of ether oxygens (including phenoxy) is 1. The maximum atomic E-state index is 13.1. The van der Waals surface area contributed by atoms with Crippen LogP contribution in [0.1, 0.15) is 24.1 Å². The van der Waals surface area contributed by atoms with Crippen LogP contribution in [0.2, 0.25) is 0 Å². The Morgan fingerprint density at radius 3 is 2.82 bits per heavy atom. The predicted molar refractivity (Wildman–Crippen MR) is 144 cm³/mol. The highest BCUT2D eigenvalue weighted by Gasteiger charge is 2.41. The summed E-state index contributed by atoms with van der Waals surface area (Å²) in [5.41, 5.74) is 1.90. The molecular formula is C25H25F3N4O4S3. The number of benzene rings is 1. The lowest BCUT2D eigenvalue weighted by Gasteiger charge is -2.34. The summed E-state index contributed by atoms with van der Waals surface area (Å²) in [5, 5.41) is 3.25. The van der Waals surface area contributed by atoms with E-state index < -0.39 is 22.2 Å². The zero-order valence-corrected chi connectivity index (χ0v) is 23.2. The second-order valence-electron chi connectivity index (χ2n) is 9.18. The Morgan fingerprint density at radius 2 is 2.08 bits per heavy atom. The van der Waals surface area contributed by atoms with Gasteiger partial charge < -0.3 is 9.72 Å². The molecule has 0 bridgehead atoms. The van der Waals surface area contributed by atoms with Crippen molar-refractivity contribution in [2.24, 2.45) is 0 Å². The van der Waals surface area contributed by atoms with Crippen molar-refractivity contribution in [3.63, 3.8) is 0 Å². The van der Waals surface area contributed by atoms with Crippen LogP contribution in [-0.4, -0.2) is 61.7 Å². The van der Waals surface area contributed by atoms with E-state index in [1.54, 1.807) is 35.8 Å². The number of fused-ring (bicyclic) bond motifs is 1. The fourth-order valence-electron chi connectivity index (χ4n) is 4.61. The number of nitrogens with one attached hydrogen (secondary N) is 1. The van der Waals surface area contributed by atoms with Crippen LogP contribution in [0.3, 0.4) is 0 Å². The molecule has 1 atom stereocenters. The number of halogens is 3. The average molecular weight is 599 g/mol. The molecule has 39 heavy (non-hydrogen) atoms. The third-order valence-corrected chi connectivity index (χ3v) is 10.8. The molecule has 3 aromatic heterocycles.